The zero-order valence-electron chi connectivity index (χ0n) is 7.30. The molecule has 0 aromatic carbocycles. The van der Waals surface area contributed by atoms with Gasteiger partial charge >= 0.3 is 6.18 Å². The maximum absolute atomic E-state index is 11.9. The molecule has 6 heteroatoms. The molecule has 1 unspecified atom stereocenters. The van der Waals surface area contributed by atoms with Crippen molar-refractivity contribution in [3.05, 3.63) is 0 Å². The van der Waals surface area contributed by atoms with Crippen LogP contribution in [0.1, 0.15) is 6.92 Å². The zero-order chi connectivity index (χ0) is 10.5. The molecule has 76 valence electrons. The van der Waals surface area contributed by atoms with Crippen molar-refractivity contribution in [3.63, 3.8) is 0 Å². The highest BCUT2D eigenvalue weighted by atomic mass is 19.4. The fraction of sp³-hybridized carbons (Fsp3) is 0.857. The SMILES string of the molecule is CCN(CC(N)C#N)CC(F)(F)F. The van der Waals surface area contributed by atoms with Crippen molar-refractivity contribution in [2.75, 3.05) is 19.6 Å². The molecule has 0 aromatic rings. The van der Waals surface area contributed by atoms with Crippen molar-refractivity contribution in [2.24, 2.45) is 5.73 Å². The first-order chi connectivity index (χ1) is 5.89. The van der Waals surface area contributed by atoms with Gasteiger partial charge in [-0.05, 0) is 6.54 Å². The van der Waals surface area contributed by atoms with E-state index in [9.17, 15) is 13.2 Å². The van der Waals surface area contributed by atoms with E-state index in [0.717, 1.165) is 4.90 Å². The number of hydrogen-bond acceptors (Lipinski definition) is 3. The summed E-state index contributed by atoms with van der Waals surface area (Å²) in [5, 5.41) is 8.29. The third-order valence-corrected chi connectivity index (χ3v) is 1.47. The van der Waals surface area contributed by atoms with Gasteiger partial charge in [-0.2, -0.15) is 18.4 Å². The Morgan fingerprint density at radius 2 is 2.08 bits per heavy atom. The van der Waals surface area contributed by atoms with Crippen molar-refractivity contribution < 1.29 is 13.2 Å². The number of halogens is 3. The second-order valence-corrected chi connectivity index (χ2v) is 2.68. The summed E-state index contributed by atoms with van der Waals surface area (Å²) in [6.07, 6.45) is -4.23. The summed E-state index contributed by atoms with van der Waals surface area (Å²) in [4.78, 5) is 1.09. The van der Waals surface area contributed by atoms with Crippen LogP contribution in [0.4, 0.5) is 13.2 Å². The van der Waals surface area contributed by atoms with E-state index in [1.807, 2.05) is 0 Å². The average Bonchev–Trinajstić information content (AvgIpc) is 2.00. The van der Waals surface area contributed by atoms with Crippen LogP contribution >= 0.6 is 0 Å². The van der Waals surface area contributed by atoms with E-state index in [-0.39, 0.29) is 13.1 Å². The Kier molecular flexibility index (Phi) is 4.73. The first-order valence-corrected chi connectivity index (χ1v) is 3.83. The smallest absolute Gasteiger partial charge is 0.315 e. The van der Waals surface area contributed by atoms with E-state index in [1.165, 1.54) is 0 Å². The maximum Gasteiger partial charge on any atom is 0.401 e. The van der Waals surface area contributed by atoms with Crippen LogP contribution < -0.4 is 5.73 Å². The van der Waals surface area contributed by atoms with Gasteiger partial charge in [-0.3, -0.25) is 4.90 Å². The summed E-state index contributed by atoms with van der Waals surface area (Å²) in [6.45, 7) is 0.760. The molecule has 0 aliphatic carbocycles. The van der Waals surface area contributed by atoms with Gasteiger partial charge < -0.3 is 5.73 Å². The van der Waals surface area contributed by atoms with Gasteiger partial charge in [0.25, 0.3) is 0 Å². The largest absolute Gasteiger partial charge is 0.401 e. The molecule has 0 aliphatic rings. The highest BCUT2D eigenvalue weighted by Gasteiger charge is 2.30. The highest BCUT2D eigenvalue weighted by Crippen LogP contribution is 2.16. The van der Waals surface area contributed by atoms with Gasteiger partial charge in [0, 0.05) is 6.54 Å². The Morgan fingerprint density at radius 1 is 1.54 bits per heavy atom. The van der Waals surface area contributed by atoms with Gasteiger partial charge in [-0.1, -0.05) is 6.92 Å². The molecule has 0 aliphatic heterocycles. The van der Waals surface area contributed by atoms with Crippen LogP contribution in [0.2, 0.25) is 0 Å². The van der Waals surface area contributed by atoms with Crippen LogP contribution in [-0.2, 0) is 0 Å². The predicted molar refractivity (Wildman–Crippen MR) is 41.8 cm³/mol. The molecule has 0 rings (SSSR count). The molecule has 0 heterocycles. The van der Waals surface area contributed by atoms with E-state index < -0.39 is 18.8 Å². The number of alkyl halides is 3. The number of nitrogens with two attached hydrogens (primary N) is 1. The Bertz CT molecular complexity index is 184. The minimum atomic E-state index is -4.23. The molecular formula is C7H12F3N3. The molecule has 1 atom stereocenters. The van der Waals surface area contributed by atoms with Crippen LogP contribution in [0, 0.1) is 11.3 Å². The van der Waals surface area contributed by atoms with E-state index in [2.05, 4.69) is 0 Å². The third-order valence-electron chi connectivity index (χ3n) is 1.47. The lowest BCUT2D eigenvalue weighted by Crippen LogP contribution is -2.41. The quantitative estimate of drug-likeness (QED) is 0.719. The summed E-state index contributed by atoms with van der Waals surface area (Å²) in [6, 6.07) is 0.825. The van der Waals surface area contributed by atoms with Crippen molar-refractivity contribution in [3.8, 4) is 6.07 Å². The second kappa shape index (κ2) is 5.04. The molecule has 0 aromatic heterocycles. The predicted octanol–water partition coefficient (Wildman–Crippen LogP) is 0.721. The normalized spacial score (nSPS) is 14.2. The number of likely N-dealkylation sites (N-methyl/N-ethyl adjacent to an activating group) is 1. The second-order valence-electron chi connectivity index (χ2n) is 2.68. The molecule has 0 amide bonds. The van der Waals surface area contributed by atoms with Crippen molar-refractivity contribution in [2.45, 2.75) is 19.1 Å². The van der Waals surface area contributed by atoms with Crippen molar-refractivity contribution >= 4 is 0 Å². The lowest BCUT2D eigenvalue weighted by atomic mass is 10.3. The average molecular weight is 195 g/mol. The van der Waals surface area contributed by atoms with Crippen LogP contribution in [0.15, 0.2) is 0 Å². The number of nitrogens with zero attached hydrogens (tertiary/aromatic N) is 2. The van der Waals surface area contributed by atoms with E-state index in [0.29, 0.717) is 0 Å². The molecule has 0 fully saturated rings. The maximum atomic E-state index is 11.9. The van der Waals surface area contributed by atoms with E-state index in [1.54, 1.807) is 13.0 Å². The van der Waals surface area contributed by atoms with E-state index >= 15 is 0 Å². The molecule has 3 nitrogen and oxygen atoms in total. The zero-order valence-corrected chi connectivity index (χ0v) is 7.30. The third kappa shape index (κ3) is 6.37. The molecule has 0 radical (unpaired) electrons. The number of hydrogen-bond donors (Lipinski definition) is 1. The van der Waals surface area contributed by atoms with Gasteiger partial charge in [0.2, 0.25) is 0 Å². The topological polar surface area (TPSA) is 53.0 Å². The van der Waals surface area contributed by atoms with Crippen LogP contribution in [0.3, 0.4) is 0 Å². The van der Waals surface area contributed by atoms with Gasteiger partial charge in [-0.15, -0.1) is 0 Å². The summed E-state index contributed by atoms with van der Waals surface area (Å²) < 4.78 is 35.6. The Hall–Kier alpha value is -0.800. The Labute approximate surface area is 74.9 Å². The summed E-state index contributed by atoms with van der Waals surface area (Å²) in [5.41, 5.74) is 5.20. The van der Waals surface area contributed by atoms with Crippen LogP contribution in [0.5, 0.6) is 0 Å². The fourth-order valence-corrected chi connectivity index (χ4v) is 0.878. The Balaban J connectivity index is 3.99. The number of nitriles is 1. The minimum Gasteiger partial charge on any atom is -0.315 e. The van der Waals surface area contributed by atoms with Gasteiger partial charge in [0.15, 0.2) is 0 Å². The van der Waals surface area contributed by atoms with Crippen molar-refractivity contribution in [1.82, 2.24) is 4.90 Å². The first kappa shape index (κ1) is 12.2. The lowest BCUT2D eigenvalue weighted by molar-refractivity contribution is -0.145. The van der Waals surface area contributed by atoms with Crippen LogP contribution in [-0.4, -0.2) is 36.8 Å². The first-order valence-electron chi connectivity index (χ1n) is 3.83. The summed E-state index contributed by atoms with van der Waals surface area (Å²) in [5.74, 6) is 0. The van der Waals surface area contributed by atoms with Gasteiger partial charge in [0.1, 0.15) is 6.04 Å². The fourth-order valence-electron chi connectivity index (χ4n) is 0.878. The molecule has 2 N–H and O–H groups in total. The summed E-state index contributed by atoms with van der Waals surface area (Å²) in [7, 11) is 0. The molecule has 0 spiro atoms. The standard InChI is InChI=1S/C7H12F3N3/c1-2-13(4-6(12)3-11)5-7(8,9)10/h6H,2,4-5,12H2,1H3. The van der Waals surface area contributed by atoms with Crippen molar-refractivity contribution in [1.29, 1.82) is 5.26 Å². The minimum absolute atomic E-state index is 0.0491. The molecule has 0 saturated heterocycles. The molecule has 0 bridgehead atoms. The highest BCUT2D eigenvalue weighted by molar-refractivity contribution is 4.89. The molecule has 13 heavy (non-hydrogen) atoms. The monoisotopic (exact) mass is 195 g/mol. The lowest BCUT2D eigenvalue weighted by Gasteiger charge is -2.22. The Morgan fingerprint density at radius 3 is 2.38 bits per heavy atom. The van der Waals surface area contributed by atoms with Crippen LogP contribution in [0.25, 0.3) is 0 Å². The molecular weight excluding hydrogens is 183 g/mol. The van der Waals surface area contributed by atoms with Gasteiger partial charge in [0.05, 0.1) is 12.6 Å². The number of rotatable bonds is 4. The van der Waals surface area contributed by atoms with E-state index in [4.69, 9.17) is 11.0 Å². The molecule has 0 saturated carbocycles. The van der Waals surface area contributed by atoms with Gasteiger partial charge in [-0.25, -0.2) is 0 Å². The summed E-state index contributed by atoms with van der Waals surface area (Å²) >= 11 is 0.